The topological polar surface area (TPSA) is 100 Å². The molecular weight excluding hydrogens is 250 g/mol. The summed E-state index contributed by atoms with van der Waals surface area (Å²) >= 11 is 0. The van der Waals surface area contributed by atoms with Gasteiger partial charge in [0.15, 0.2) is 24.1 Å². The first-order valence-electron chi connectivity index (χ1n) is 5.61. The molecule has 0 atom stereocenters. The van der Waals surface area contributed by atoms with E-state index in [0.29, 0.717) is 36.0 Å². The van der Waals surface area contributed by atoms with Crippen molar-refractivity contribution in [3.8, 4) is 11.5 Å². The van der Waals surface area contributed by atoms with E-state index in [4.69, 9.17) is 9.52 Å². The van der Waals surface area contributed by atoms with Gasteiger partial charge in [-0.15, -0.1) is 0 Å². The van der Waals surface area contributed by atoms with Gasteiger partial charge in [0.1, 0.15) is 0 Å². The van der Waals surface area contributed by atoms with Crippen molar-refractivity contribution in [1.82, 2.24) is 4.98 Å². The highest BCUT2D eigenvalue weighted by Gasteiger charge is 2.23. The molecule has 0 saturated carbocycles. The van der Waals surface area contributed by atoms with Crippen LogP contribution in [0, 0.1) is 0 Å². The molecule has 2 N–H and O–H groups in total. The number of aromatic amines is 1. The molecule has 0 aliphatic carbocycles. The Bertz CT molecular complexity index is 650. The maximum atomic E-state index is 11.2. The van der Waals surface area contributed by atoms with E-state index >= 15 is 0 Å². The zero-order chi connectivity index (χ0) is 14.0. The lowest BCUT2D eigenvalue weighted by Crippen LogP contribution is -2.02. The molecule has 0 aromatic carbocycles. The molecule has 6 nitrogen and oxygen atoms in total. The van der Waals surface area contributed by atoms with Crippen LogP contribution in [0.1, 0.15) is 43.9 Å². The smallest absolute Gasteiger partial charge is 0.338 e. The normalized spacial score (nSPS) is 10.4. The van der Waals surface area contributed by atoms with Crippen molar-refractivity contribution >= 4 is 18.5 Å². The minimum atomic E-state index is -1.18. The van der Waals surface area contributed by atoms with Crippen LogP contribution in [0.4, 0.5) is 0 Å². The summed E-state index contributed by atoms with van der Waals surface area (Å²) in [6.45, 7) is 1.78. The largest absolute Gasteiger partial charge is 0.478 e. The molecule has 0 bridgehead atoms. The summed E-state index contributed by atoms with van der Waals surface area (Å²) in [6.07, 6.45) is 1.42. The number of carboxylic acids is 1. The first kappa shape index (κ1) is 12.8. The van der Waals surface area contributed by atoms with Gasteiger partial charge in [0.25, 0.3) is 0 Å². The third kappa shape index (κ3) is 2.08. The Labute approximate surface area is 108 Å². The van der Waals surface area contributed by atoms with Gasteiger partial charge in [0.05, 0.1) is 17.0 Å². The van der Waals surface area contributed by atoms with Crippen molar-refractivity contribution in [2.45, 2.75) is 13.3 Å². The maximum absolute atomic E-state index is 11.2. The molecule has 2 heterocycles. The number of furan rings is 1. The van der Waals surface area contributed by atoms with Crippen LogP contribution in [-0.4, -0.2) is 28.6 Å². The number of H-pyrrole nitrogens is 1. The SMILES string of the molecule is CCc1c(-c2ccc(C=O)o2)[nH]c(C=O)c1C(=O)O. The average Bonchev–Trinajstić information content (AvgIpc) is 3.01. The summed E-state index contributed by atoms with van der Waals surface area (Å²) < 4.78 is 5.25. The molecule has 2 aromatic heterocycles. The van der Waals surface area contributed by atoms with Crippen LogP contribution in [0.15, 0.2) is 16.5 Å². The minimum absolute atomic E-state index is 0.0107. The molecule has 98 valence electrons. The number of hydrogen-bond acceptors (Lipinski definition) is 4. The zero-order valence-electron chi connectivity index (χ0n) is 10.1. The molecule has 0 aliphatic rings. The number of rotatable bonds is 5. The molecule has 0 saturated heterocycles. The fourth-order valence-corrected chi connectivity index (χ4v) is 2.01. The van der Waals surface area contributed by atoms with Gasteiger partial charge in [-0.2, -0.15) is 0 Å². The van der Waals surface area contributed by atoms with Gasteiger partial charge in [0.2, 0.25) is 0 Å². The van der Waals surface area contributed by atoms with Gasteiger partial charge in [-0.05, 0) is 24.1 Å². The van der Waals surface area contributed by atoms with Crippen molar-refractivity contribution in [2.75, 3.05) is 0 Å². The third-order valence-electron chi connectivity index (χ3n) is 2.81. The van der Waals surface area contributed by atoms with E-state index in [2.05, 4.69) is 4.98 Å². The number of aldehydes is 2. The van der Waals surface area contributed by atoms with Crippen molar-refractivity contribution in [3.05, 3.63) is 34.7 Å². The lowest BCUT2D eigenvalue weighted by Gasteiger charge is -1.99. The molecule has 0 aliphatic heterocycles. The summed E-state index contributed by atoms with van der Waals surface area (Å²) in [6, 6.07) is 3.03. The monoisotopic (exact) mass is 261 g/mol. The van der Waals surface area contributed by atoms with Crippen LogP contribution in [0.25, 0.3) is 11.5 Å². The van der Waals surface area contributed by atoms with Crippen molar-refractivity contribution < 1.29 is 23.9 Å². The highest BCUT2D eigenvalue weighted by Crippen LogP contribution is 2.29. The fourth-order valence-electron chi connectivity index (χ4n) is 2.01. The standard InChI is InChI=1S/C13H11NO5/c1-2-8-11(13(17)18)9(6-16)14-12(8)10-4-3-7(5-15)19-10/h3-6,14H,2H2,1H3,(H,17,18). The highest BCUT2D eigenvalue weighted by molar-refractivity contribution is 6.00. The van der Waals surface area contributed by atoms with Gasteiger partial charge in [-0.25, -0.2) is 4.79 Å². The van der Waals surface area contributed by atoms with Gasteiger partial charge >= 0.3 is 5.97 Å². The molecule has 2 aromatic rings. The second-order valence-corrected chi connectivity index (χ2v) is 3.86. The second kappa shape index (κ2) is 4.93. The first-order chi connectivity index (χ1) is 9.12. The van der Waals surface area contributed by atoms with Crippen molar-refractivity contribution in [2.24, 2.45) is 0 Å². The number of hydrogen-bond donors (Lipinski definition) is 2. The molecule has 6 heteroatoms. The average molecular weight is 261 g/mol. The minimum Gasteiger partial charge on any atom is -0.478 e. The third-order valence-corrected chi connectivity index (χ3v) is 2.81. The Hall–Kier alpha value is -2.63. The Morgan fingerprint density at radius 2 is 2.11 bits per heavy atom. The van der Waals surface area contributed by atoms with Crippen molar-refractivity contribution in [1.29, 1.82) is 0 Å². The molecule has 19 heavy (non-hydrogen) atoms. The number of carbonyl (C=O) groups is 3. The van der Waals surface area contributed by atoms with Crippen LogP contribution in [-0.2, 0) is 6.42 Å². The van der Waals surface area contributed by atoms with Gasteiger partial charge in [-0.3, -0.25) is 9.59 Å². The molecule has 0 spiro atoms. The highest BCUT2D eigenvalue weighted by atomic mass is 16.4. The fraction of sp³-hybridized carbons (Fsp3) is 0.154. The van der Waals surface area contributed by atoms with E-state index in [0.717, 1.165) is 0 Å². The van der Waals surface area contributed by atoms with Gasteiger partial charge in [0, 0.05) is 0 Å². The van der Waals surface area contributed by atoms with E-state index in [1.165, 1.54) is 6.07 Å². The summed E-state index contributed by atoms with van der Waals surface area (Å²) in [7, 11) is 0. The summed E-state index contributed by atoms with van der Waals surface area (Å²) in [5.74, 6) is -0.714. The summed E-state index contributed by atoms with van der Waals surface area (Å²) in [5, 5.41) is 9.15. The maximum Gasteiger partial charge on any atom is 0.338 e. The predicted octanol–water partition coefficient (Wildman–Crippen LogP) is 2.16. The number of nitrogens with one attached hydrogen (secondary N) is 1. The zero-order valence-corrected chi connectivity index (χ0v) is 10.1. The van der Waals surface area contributed by atoms with Gasteiger partial charge < -0.3 is 14.5 Å². The number of carbonyl (C=O) groups excluding carboxylic acids is 2. The Morgan fingerprint density at radius 3 is 2.58 bits per heavy atom. The van der Waals surface area contributed by atoms with E-state index in [9.17, 15) is 14.4 Å². The van der Waals surface area contributed by atoms with Crippen LogP contribution < -0.4 is 0 Å². The number of carboxylic acid groups (broad SMARTS) is 1. The predicted molar refractivity (Wildman–Crippen MR) is 65.6 cm³/mol. The van der Waals surface area contributed by atoms with Crippen LogP contribution in [0.2, 0.25) is 0 Å². The molecule has 2 rings (SSSR count). The van der Waals surface area contributed by atoms with E-state index in [-0.39, 0.29) is 17.0 Å². The van der Waals surface area contributed by atoms with E-state index in [1.54, 1.807) is 13.0 Å². The van der Waals surface area contributed by atoms with Crippen molar-refractivity contribution in [3.63, 3.8) is 0 Å². The lowest BCUT2D eigenvalue weighted by molar-refractivity contribution is 0.0693. The summed E-state index contributed by atoms with van der Waals surface area (Å²) in [4.78, 5) is 35.4. The summed E-state index contributed by atoms with van der Waals surface area (Å²) in [5.41, 5.74) is 0.816. The number of aromatic carboxylic acids is 1. The molecule has 0 fully saturated rings. The van der Waals surface area contributed by atoms with E-state index < -0.39 is 5.97 Å². The Balaban J connectivity index is 2.66. The van der Waals surface area contributed by atoms with Crippen LogP contribution in [0.3, 0.4) is 0 Å². The van der Waals surface area contributed by atoms with E-state index in [1.807, 2.05) is 0 Å². The Morgan fingerprint density at radius 1 is 1.37 bits per heavy atom. The molecule has 0 radical (unpaired) electrons. The van der Waals surface area contributed by atoms with Crippen LogP contribution >= 0.6 is 0 Å². The molecular formula is C13H11NO5. The quantitative estimate of drug-likeness (QED) is 0.803. The molecule has 0 amide bonds. The van der Waals surface area contributed by atoms with Crippen LogP contribution in [0.5, 0.6) is 0 Å². The lowest BCUT2D eigenvalue weighted by atomic mass is 10.1. The number of aromatic nitrogens is 1. The van der Waals surface area contributed by atoms with Gasteiger partial charge in [-0.1, -0.05) is 6.92 Å². The second-order valence-electron chi connectivity index (χ2n) is 3.86. The Kier molecular flexibility index (Phi) is 3.33. The molecule has 0 unspecified atom stereocenters. The first-order valence-corrected chi connectivity index (χ1v) is 5.61.